The van der Waals surface area contributed by atoms with Crippen molar-refractivity contribution in [3.8, 4) is 0 Å². The standard InChI is InChI=1S/C10H12.CH4S/c1-8(2)10-7-5-4-6-9(10)3;1-2/h4-7H,1H2,2-3H3;2H,1H3. The minimum Gasteiger partial charge on any atom is -0.183 e. The van der Waals surface area contributed by atoms with Gasteiger partial charge in [0.2, 0.25) is 0 Å². The van der Waals surface area contributed by atoms with E-state index in [4.69, 9.17) is 0 Å². The number of thiol groups is 1. The van der Waals surface area contributed by atoms with Crippen molar-refractivity contribution in [2.45, 2.75) is 13.8 Å². The van der Waals surface area contributed by atoms with E-state index in [1.54, 1.807) is 6.26 Å². The summed E-state index contributed by atoms with van der Waals surface area (Å²) in [5.41, 5.74) is 3.70. The third-order valence-electron chi connectivity index (χ3n) is 1.60. The van der Waals surface area contributed by atoms with E-state index >= 15 is 0 Å². The second kappa shape index (κ2) is 5.90. The molecule has 0 aliphatic carbocycles. The highest BCUT2D eigenvalue weighted by Gasteiger charge is 1.94. The maximum absolute atomic E-state index is 3.89. The van der Waals surface area contributed by atoms with Crippen LogP contribution in [0.3, 0.4) is 0 Å². The Morgan fingerprint density at radius 3 is 2.08 bits per heavy atom. The summed E-state index contributed by atoms with van der Waals surface area (Å²) >= 11 is 3.53. The van der Waals surface area contributed by atoms with Crippen LogP contribution in [-0.4, -0.2) is 6.26 Å². The van der Waals surface area contributed by atoms with Gasteiger partial charge in [0.25, 0.3) is 0 Å². The van der Waals surface area contributed by atoms with Gasteiger partial charge in [-0.25, -0.2) is 0 Å². The predicted octanol–water partition coefficient (Wildman–Crippen LogP) is 3.57. The molecule has 1 aromatic rings. The molecule has 0 aliphatic heterocycles. The smallest absolute Gasteiger partial charge is 0.0204 e. The number of rotatable bonds is 1. The van der Waals surface area contributed by atoms with Gasteiger partial charge in [0.05, 0.1) is 0 Å². The molecule has 0 aromatic heterocycles. The first-order chi connectivity index (χ1) is 5.72. The second-order valence-electron chi connectivity index (χ2n) is 2.60. The Labute approximate surface area is 80.7 Å². The van der Waals surface area contributed by atoms with Crippen LogP contribution in [0.4, 0.5) is 0 Å². The molecule has 0 nitrogen and oxygen atoms in total. The molecular formula is C11H16S. The van der Waals surface area contributed by atoms with Gasteiger partial charge in [-0.2, -0.15) is 12.6 Å². The quantitative estimate of drug-likeness (QED) is 0.627. The summed E-state index contributed by atoms with van der Waals surface area (Å²) in [7, 11) is 0. The van der Waals surface area contributed by atoms with Gasteiger partial charge in [-0.05, 0) is 31.2 Å². The third kappa shape index (κ3) is 3.14. The van der Waals surface area contributed by atoms with E-state index in [1.165, 1.54) is 11.1 Å². The van der Waals surface area contributed by atoms with Crippen molar-refractivity contribution in [1.82, 2.24) is 0 Å². The van der Waals surface area contributed by atoms with Crippen LogP contribution in [0.5, 0.6) is 0 Å². The Balaban J connectivity index is 0.000000561. The summed E-state index contributed by atoms with van der Waals surface area (Å²) in [5.74, 6) is 0. The summed E-state index contributed by atoms with van der Waals surface area (Å²) in [4.78, 5) is 0. The van der Waals surface area contributed by atoms with Crippen molar-refractivity contribution in [2.75, 3.05) is 6.26 Å². The average Bonchev–Trinajstić information content (AvgIpc) is 2.08. The van der Waals surface area contributed by atoms with Crippen molar-refractivity contribution < 1.29 is 0 Å². The van der Waals surface area contributed by atoms with E-state index in [1.807, 2.05) is 19.1 Å². The molecule has 0 saturated heterocycles. The molecule has 0 saturated carbocycles. The van der Waals surface area contributed by atoms with Crippen LogP contribution in [0.25, 0.3) is 5.57 Å². The number of allylic oxidation sites excluding steroid dienone is 1. The summed E-state index contributed by atoms with van der Waals surface area (Å²) in [6.07, 6.45) is 1.69. The maximum Gasteiger partial charge on any atom is -0.0204 e. The van der Waals surface area contributed by atoms with Gasteiger partial charge in [0, 0.05) is 0 Å². The number of hydrogen-bond acceptors (Lipinski definition) is 1. The molecule has 0 radical (unpaired) electrons. The Morgan fingerprint density at radius 1 is 1.25 bits per heavy atom. The summed E-state index contributed by atoms with van der Waals surface area (Å²) in [6, 6.07) is 8.28. The van der Waals surface area contributed by atoms with Gasteiger partial charge >= 0.3 is 0 Å². The van der Waals surface area contributed by atoms with Gasteiger partial charge in [-0.15, -0.1) is 0 Å². The van der Waals surface area contributed by atoms with Crippen LogP contribution in [-0.2, 0) is 0 Å². The van der Waals surface area contributed by atoms with Crippen LogP contribution in [0.15, 0.2) is 30.8 Å². The molecule has 0 atom stereocenters. The monoisotopic (exact) mass is 180 g/mol. The normalized spacial score (nSPS) is 8.33. The van der Waals surface area contributed by atoms with Crippen molar-refractivity contribution >= 4 is 18.2 Å². The highest BCUT2D eigenvalue weighted by atomic mass is 32.1. The fourth-order valence-electron chi connectivity index (χ4n) is 1.05. The molecule has 1 aromatic carbocycles. The first kappa shape index (κ1) is 11.3. The molecule has 0 amide bonds. The molecule has 0 N–H and O–H groups in total. The lowest BCUT2D eigenvalue weighted by Crippen LogP contribution is -1.81. The van der Waals surface area contributed by atoms with E-state index in [0.29, 0.717) is 0 Å². The molecule has 1 rings (SSSR count). The third-order valence-corrected chi connectivity index (χ3v) is 1.60. The minimum atomic E-state index is 1.14. The average molecular weight is 180 g/mol. The minimum absolute atomic E-state index is 1.14. The van der Waals surface area contributed by atoms with Crippen molar-refractivity contribution in [1.29, 1.82) is 0 Å². The highest BCUT2D eigenvalue weighted by molar-refractivity contribution is 7.79. The van der Waals surface area contributed by atoms with Crippen LogP contribution in [0.2, 0.25) is 0 Å². The largest absolute Gasteiger partial charge is 0.183 e. The second-order valence-corrected chi connectivity index (χ2v) is 2.60. The van der Waals surface area contributed by atoms with E-state index in [-0.39, 0.29) is 0 Å². The molecule has 1 heteroatoms. The Hall–Kier alpha value is -0.690. The number of benzene rings is 1. The Bertz CT molecular complexity index is 251. The zero-order valence-corrected chi connectivity index (χ0v) is 8.86. The molecule has 0 unspecified atom stereocenters. The zero-order chi connectivity index (χ0) is 9.56. The maximum atomic E-state index is 3.89. The van der Waals surface area contributed by atoms with E-state index in [0.717, 1.165) is 5.57 Å². The first-order valence-electron chi connectivity index (χ1n) is 3.88. The van der Waals surface area contributed by atoms with Gasteiger partial charge < -0.3 is 0 Å². The first-order valence-corrected chi connectivity index (χ1v) is 4.77. The van der Waals surface area contributed by atoms with Gasteiger partial charge in [-0.3, -0.25) is 0 Å². The van der Waals surface area contributed by atoms with E-state index < -0.39 is 0 Å². The van der Waals surface area contributed by atoms with Crippen LogP contribution in [0.1, 0.15) is 18.1 Å². The lowest BCUT2D eigenvalue weighted by atomic mass is 10.0. The lowest BCUT2D eigenvalue weighted by molar-refractivity contribution is 1.41. The van der Waals surface area contributed by atoms with Crippen molar-refractivity contribution in [3.63, 3.8) is 0 Å². The predicted molar refractivity (Wildman–Crippen MR) is 60.8 cm³/mol. The summed E-state index contributed by atoms with van der Waals surface area (Å²) in [6.45, 7) is 8.02. The van der Waals surface area contributed by atoms with Crippen LogP contribution < -0.4 is 0 Å². The fraction of sp³-hybridized carbons (Fsp3) is 0.273. The van der Waals surface area contributed by atoms with Crippen molar-refractivity contribution in [3.05, 3.63) is 42.0 Å². The summed E-state index contributed by atoms with van der Waals surface area (Å²) in [5, 5.41) is 0. The lowest BCUT2D eigenvalue weighted by Gasteiger charge is -2.02. The van der Waals surface area contributed by atoms with Gasteiger partial charge in [0.1, 0.15) is 0 Å². The highest BCUT2D eigenvalue weighted by Crippen LogP contribution is 2.14. The number of hydrogen-bond donors (Lipinski definition) is 1. The summed E-state index contributed by atoms with van der Waals surface area (Å²) < 4.78 is 0. The number of aryl methyl sites for hydroxylation is 1. The van der Waals surface area contributed by atoms with Crippen molar-refractivity contribution in [2.24, 2.45) is 0 Å². The molecule has 0 fully saturated rings. The molecule has 0 spiro atoms. The van der Waals surface area contributed by atoms with E-state index in [9.17, 15) is 0 Å². The molecule has 0 bridgehead atoms. The molecule has 0 aliphatic rings. The van der Waals surface area contributed by atoms with Gasteiger partial charge in [-0.1, -0.05) is 36.4 Å². The Morgan fingerprint density at radius 2 is 1.75 bits per heavy atom. The Kier molecular flexibility index (Phi) is 5.56. The molecule has 12 heavy (non-hydrogen) atoms. The zero-order valence-electron chi connectivity index (χ0n) is 7.96. The molecule has 66 valence electrons. The topological polar surface area (TPSA) is 0 Å². The SMILES string of the molecule is C=C(C)c1ccccc1C.CS. The van der Waals surface area contributed by atoms with E-state index in [2.05, 4.69) is 38.3 Å². The van der Waals surface area contributed by atoms with Gasteiger partial charge in [0.15, 0.2) is 0 Å². The molecule has 0 heterocycles. The van der Waals surface area contributed by atoms with Crippen LogP contribution >= 0.6 is 12.6 Å². The molecular weight excluding hydrogens is 164 g/mol. The fourth-order valence-corrected chi connectivity index (χ4v) is 1.05. The van der Waals surface area contributed by atoms with Crippen LogP contribution in [0, 0.1) is 6.92 Å².